The van der Waals surface area contributed by atoms with Crippen molar-refractivity contribution >= 4 is 11.7 Å². The van der Waals surface area contributed by atoms with Crippen LogP contribution in [0.1, 0.15) is 34.8 Å². The van der Waals surface area contributed by atoms with Gasteiger partial charge < -0.3 is 10.6 Å². The number of benzene rings is 1. The molecule has 7 nitrogen and oxygen atoms in total. The number of amides is 1. The van der Waals surface area contributed by atoms with Gasteiger partial charge in [0.2, 0.25) is 0 Å². The number of hydrogen-bond acceptors (Lipinski definition) is 6. The van der Waals surface area contributed by atoms with E-state index in [1.54, 1.807) is 13.0 Å². The highest BCUT2D eigenvalue weighted by Crippen LogP contribution is 2.28. The van der Waals surface area contributed by atoms with E-state index in [4.69, 9.17) is 11.6 Å². The average Bonchev–Trinajstić information content (AvgIpc) is 2.69. The first-order valence-electron chi connectivity index (χ1n) is 8.52. The van der Waals surface area contributed by atoms with Crippen LogP contribution in [0.25, 0.3) is 0 Å². The molecular weight excluding hydrogens is 366 g/mol. The number of carbonyl (C=O) groups excluding carboxylic acids is 1. The molecule has 0 saturated heterocycles. The standard InChI is InChI=1S/C19H20F2N6O/c1-11-13(18(20)21)4-3-5-14(11)19(28)26-9-6-15(17(22)12(26)2)27(23)16-10-24-7-8-25-16/h3-10,12,18H,22-23H2,1-2H3. The van der Waals surface area contributed by atoms with Crippen LogP contribution in [-0.2, 0) is 0 Å². The summed E-state index contributed by atoms with van der Waals surface area (Å²) < 4.78 is 26.3. The van der Waals surface area contributed by atoms with Crippen molar-refractivity contribution in [2.45, 2.75) is 26.3 Å². The van der Waals surface area contributed by atoms with E-state index >= 15 is 0 Å². The Hall–Kier alpha value is -3.33. The van der Waals surface area contributed by atoms with Gasteiger partial charge in [-0.3, -0.25) is 14.8 Å². The summed E-state index contributed by atoms with van der Waals surface area (Å²) in [6.45, 7) is 3.24. The molecule has 0 aliphatic carbocycles. The third-order valence-electron chi connectivity index (χ3n) is 4.69. The Labute approximate surface area is 160 Å². The third-order valence-corrected chi connectivity index (χ3v) is 4.69. The maximum atomic E-state index is 13.2. The summed E-state index contributed by atoms with van der Waals surface area (Å²) in [5.74, 6) is 6.05. The molecule has 28 heavy (non-hydrogen) atoms. The van der Waals surface area contributed by atoms with Crippen molar-refractivity contribution in [2.75, 3.05) is 5.01 Å². The van der Waals surface area contributed by atoms with Crippen LogP contribution in [0.4, 0.5) is 14.6 Å². The van der Waals surface area contributed by atoms with Crippen molar-refractivity contribution in [1.82, 2.24) is 14.9 Å². The Kier molecular flexibility index (Phi) is 5.36. The van der Waals surface area contributed by atoms with Crippen molar-refractivity contribution in [3.8, 4) is 0 Å². The summed E-state index contributed by atoms with van der Waals surface area (Å²) in [6.07, 6.45) is 4.95. The van der Waals surface area contributed by atoms with E-state index in [-0.39, 0.29) is 16.7 Å². The molecule has 1 unspecified atom stereocenters. The van der Waals surface area contributed by atoms with E-state index in [1.807, 2.05) is 0 Å². The monoisotopic (exact) mass is 386 g/mol. The van der Waals surface area contributed by atoms with Gasteiger partial charge in [0.25, 0.3) is 12.3 Å². The van der Waals surface area contributed by atoms with Crippen molar-refractivity contribution in [3.05, 3.63) is 77.2 Å². The van der Waals surface area contributed by atoms with Gasteiger partial charge >= 0.3 is 0 Å². The summed E-state index contributed by atoms with van der Waals surface area (Å²) in [6, 6.07) is 3.74. The van der Waals surface area contributed by atoms with Crippen molar-refractivity contribution in [3.63, 3.8) is 0 Å². The van der Waals surface area contributed by atoms with Crippen molar-refractivity contribution in [1.29, 1.82) is 0 Å². The Morgan fingerprint density at radius 1 is 1.32 bits per heavy atom. The van der Waals surface area contributed by atoms with E-state index in [9.17, 15) is 13.6 Å². The molecule has 0 fully saturated rings. The zero-order valence-electron chi connectivity index (χ0n) is 15.4. The minimum absolute atomic E-state index is 0.167. The van der Waals surface area contributed by atoms with Crippen LogP contribution in [0.3, 0.4) is 0 Å². The lowest BCUT2D eigenvalue weighted by atomic mass is 10.00. The molecule has 0 radical (unpaired) electrons. The Bertz CT molecular complexity index is 945. The van der Waals surface area contributed by atoms with Gasteiger partial charge in [-0.25, -0.2) is 19.6 Å². The number of rotatable bonds is 4. The first kappa shape index (κ1) is 19.4. The highest BCUT2D eigenvalue weighted by atomic mass is 19.3. The summed E-state index contributed by atoms with van der Waals surface area (Å²) >= 11 is 0. The number of nitrogens with two attached hydrogens (primary N) is 2. The second kappa shape index (κ2) is 7.73. The fourth-order valence-electron chi connectivity index (χ4n) is 3.00. The molecule has 0 saturated carbocycles. The predicted molar refractivity (Wildman–Crippen MR) is 101 cm³/mol. The number of aromatic nitrogens is 2. The van der Waals surface area contributed by atoms with E-state index in [0.29, 0.717) is 17.2 Å². The minimum atomic E-state index is -2.66. The molecule has 1 aliphatic heterocycles. The molecule has 3 rings (SSSR count). The van der Waals surface area contributed by atoms with Crippen molar-refractivity contribution in [2.24, 2.45) is 11.6 Å². The van der Waals surface area contributed by atoms with Crippen LogP contribution in [0.15, 0.2) is 60.5 Å². The van der Waals surface area contributed by atoms with Crippen LogP contribution in [0.5, 0.6) is 0 Å². The lowest BCUT2D eigenvalue weighted by molar-refractivity contribution is 0.0790. The van der Waals surface area contributed by atoms with Gasteiger partial charge in [0.05, 0.1) is 23.6 Å². The van der Waals surface area contributed by atoms with E-state index < -0.39 is 18.4 Å². The second-order valence-electron chi connectivity index (χ2n) is 6.30. The number of nitrogens with zero attached hydrogens (tertiary/aromatic N) is 4. The molecule has 2 heterocycles. The summed E-state index contributed by atoms with van der Waals surface area (Å²) in [5.41, 5.74) is 7.31. The normalized spacial score (nSPS) is 16.6. The molecule has 9 heteroatoms. The smallest absolute Gasteiger partial charge is 0.264 e. The van der Waals surface area contributed by atoms with Crippen molar-refractivity contribution < 1.29 is 13.6 Å². The molecule has 1 aromatic heterocycles. The predicted octanol–water partition coefficient (Wildman–Crippen LogP) is 2.63. The van der Waals surface area contributed by atoms with Crippen LogP contribution < -0.4 is 16.6 Å². The van der Waals surface area contributed by atoms with Gasteiger partial charge in [0, 0.05) is 29.7 Å². The fourth-order valence-corrected chi connectivity index (χ4v) is 3.00. The van der Waals surface area contributed by atoms with Gasteiger partial charge in [0.1, 0.15) is 0 Å². The maximum Gasteiger partial charge on any atom is 0.264 e. The third kappa shape index (κ3) is 3.44. The van der Waals surface area contributed by atoms with Crippen LogP contribution in [-0.4, -0.2) is 26.8 Å². The van der Waals surface area contributed by atoms with Crippen LogP contribution >= 0.6 is 0 Å². The topological polar surface area (TPSA) is 101 Å². The molecule has 0 spiro atoms. The number of anilines is 1. The van der Waals surface area contributed by atoms with Crippen LogP contribution in [0, 0.1) is 6.92 Å². The van der Waals surface area contributed by atoms with Gasteiger partial charge in [-0.05, 0) is 31.6 Å². The molecular formula is C19H20F2N6O. The minimum Gasteiger partial charge on any atom is -0.399 e. The largest absolute Gasteiger partial charge is 0.399 e. The summed E-state index contributed by atoms with van der Waals surface area (Å²) in [5, 5.41) is 1.28. The van der Waals surface area contributed by atoms with E-state index in [1.165, 1.54) is 59.8 Å². The number of carbonyl (C=O) groups is 1. The number of halogens is 2. The van der Waals surface area contributed by atoms with Gasteiger partial charge in [-0.15, -0.1) is 0 Å². The molecule has 2 aromatic rings. The van der Waals surface area contributed by atoms with E-state index in [0.717, 1.165) is 0 Å². The molecule has 1 atom stereocenters. The zero-order valence-corrected chi connectivity index (χ0v) is 15.4. The Morgan fingerprint density at radius 2 is 2.07 bits per heavy atom. The summed E-state index contributed by atoms with van der Waals surface area (Å²) in [7, 11) is 0. The zero-order chi connectivity index (χ0) is 20.4. The first-order valence-corrected chi connectivity index (χ1v) is 8.52. The lowest BCUT2D eigenvalue weighted by Gasteiger charge is -2.33. The number of hydrogen-bond donors (Lipinski definition) is 2. The quantitative estimate of drug-likeness (QED) is 0.619. The van der Waals surface area contributed by atoms with Gasteiger partial charge in [-0.2, -0.15) is 0 Å². The molecule has 1 amide bonds. The molecule has 1 aromatic carbocycles. The van der Waals surface area contributed by atoms with Crippen LogP contribution in [0.2, 0.25) is 0 Å². The molecule has 0 bridgehead atoms. The lowest BCUT2D eigenvalue weighted by Crippen LogP contribution is -2.44. The van der Waals surface area contributed by atoms with E-state index in [2.05, 4.69) is 9.97 Å². The second-order valence-corrected chi connectivity index (χ2v) is 6.30. The Morgan fingerprint density at radius 3 is 2.71 bits per heavy atom. The number of hydrazine groups is 1. The SMILES string of the molecule is Cc1c(C(=O)N2C=CC(N(N)c3cnccn3)=C(N)C2C)cccc1C(F)F. The molecule has 4 N–H and O–H groups in total. The molecule has 146 valence electrons. The molecule has 1 aliphatic rings. The van der Waals surface area contributed by atoms with Gasteiger partial charge in [-0.1, -0.05) is 12.1 Å². The average molecular weight is 386 g/mol. The highest BCUT2D eigenvalue weighted by molar-refractivity contribution is 5.97. The maximum absolute atomic E-state index is 13.2. The fraction of sp³-hybridized carbons (Fsp3) is 0.211. The highest BCUT2D eigenvalue weighted by Gasteiger charge is 2.29. The number of alkyl halides is 2. The Balaban J connectivity index is 1.90. The summed E-state index contributed by atoms with van der Waals surface area (Å²) in [4.78, 5) is 22.5. The number of allylic oxidation sites excluding steroid dienone is 1. The van der Waals surface area contributed by atoms with Gasteiger partial charge in [0.15, 0.2) is 5.82 Å². The first-order chi connectivity index (χ1) is 13.3.